The van der Waals surface area contributed by atoms with E-state index in [1.165, 1.54) is 42.4 Å². The molecule has 0 amide bonds. The predicted octanol–water partition coefficient (Wildman–Crippen LogP) is 4.52. The lowest BCUT2D eigenvalue weighted by molar-refractivity contribution is 0.112. The maximum absolute atomic E-state index is 6.56. The maximum Gasteiger partial charge on any atom is 0.0328 e. The SMILES string of the molecule is Cc1ccc(C(N)C2CCCCC2(C)C)cc1C. The molecule has 18 heavy (non-hydrogen) atoms. The van der Waals surface area contributed by atoms with E-state index >= 15 is 0 Å². The van der Waals surface area contributed by atoms with Crippen LogP contribution in [-0.2, 0) is 0 Å². The first kappa shape index (κ1) is 13.6. The van der Waals surface area contributed by atoms with Gasteiger partial charge in [0.05, 0.1) is 0 Å². The van der Waals surface area contributed by atoms with Crippen molar-refractivity contribution in [3.8, 4) is 0 Å². The van der Waals surface area contributed by atoms with Gasteiger partial charge >= 0.3 is 0 Å². The molecule has 100 valence electrons. The molecule has 0 heterocycles. The van der Waals surface area contributed by atoms with E-state index in [1.807, 2.05) is 0 Å². The van der Waals surface area contributed by atoms with Gasteiger partial charge in [-0.05, 0) is 54.7 Å². The van der Waals surface area contributed by atoms with Gasteiger partial charge in [-0.15, -0.1) is 0 Å². The number of hydrogen-bond donors (Lipinski definition) is 1. The standard InChI is InChI=1S/C17H27N/c1-12-8-9-14(11-13(12)2)16(18)15-7-5-6-10-17(15,3)4/h8-9,11,15-16H,5-7,10,18H2,1-4H3. The van der Waals surface area contributed by atoms with Crippen molar-refractivity contribution in [3.05, 3.63) is 34.9 Å². The first-order valence-corrected chi connectivity index (χ1v) is 7.24. The smallest absolute Gasteiger partial charge is 0.0328 e. The molecule has 0 saturated heterocycles. The zero-order chi connectivity index (χ0) is 13.3. The molecule has 1 fully saturated rings. The Kier molecular flexibility index (Phi) is 3.82. The Balaban J connectivity index is 2.24. The fourth-order valence-corrected chi connectivity index (χ4v) is 3.39. The number of benzene rings is 1. The highest BCUT2D eigenvalue weighted by molar-refractivity contribution is 5.32. The van der Waals surface area contributed by atoms with Crippen molar-refractivity contribution in [2.24, 2.45) is 17.1 Å². The van der Waals surface area contributed by atoms with Crippen molar-refractivity contribution in [2.75, 3.05) is 0 Å². The van der Waals surface area contributed by atoms with Gasteiger partial charge in [-0.2, -0.15) is 0 Å². The molecule has 1 aliphatic rings. The number of hydrogen-bond acceptors (Lipinski definition) is 1. The van der Waals surface area contributed by atoms with Gasteiger partial charge in [0.15, 0.2) is 0 Å². The molecule has 2 N–H and O–H groups in total. The highest BCUT2D eigenvalue weighted by Crippen LogP contribution is 2.45. The van der Waals surface area contributed by atoms with E-state index in [9.17, 15) is 0 Å². The van der Waals surface area contributed by atoms with Crippen LogP contribution < -0.4 is 5.73 Å². The van der Waals surface area contributed by atoms with E-state index in [0.29, 0.717) is 11.3 Å². The van der Waals surface area contributed by atoms with E-state index in [1.54, 1.807) is 0 Å². The molecule has 1 aromatic rings. The summed E-state index contributed by atoms with van der Waals surface area (Å²) in [6.45, 7) is 9.11. The quantitative estimate of drug-likeness (QED) is 0.814. The minimum absolute atomic E-state index is 0.194. The fraction of sp³-hybridized carbons (Fsp3) is 0.647. The molecule has 1 heteroatoms. The normalized spacial score (nSPS) is 24.8. The highest BCUT2D eigenvalue weighted by atomic mass is 14.7. The molecule has 1 aromatic carbocycles. The molecule has 0 bridgehead atoms. The summed E-state index contributed by atoms with van der Waals surface area (Å²) in [5.41, 5.74) is 11.0. The molecule has 0 radical (unpaired) electrons. The van der Waals surface area contributed by atoms with Gasteiger partial charge in [0, 0.05) is 6.04 Å². The van der Waals surface area contributed by atoms with Crippen LogP contribution in [0.3, 0.4) is 0 Å². The molecule has 0 aromatic heterocycles. The first-order chi connectivity index (χ1) is 8.42. The Morgan fingerprint density at radius 1 is 1.17 bits per heavy atom. The summed E-state index contributed by atoms with van der Waals surface area (Å²) < 4.78 is 0. The zero-order valence-electron chi connectivity index (χ0n) is 12.3. The Hall–Kier alpha value is -0.820. The summed E-state index contributed by atoms with van der Waals surface area (Å²) >= 11 is 0. The van der Waals surface area contributed by atoms with Crippen molar-refractivity contribution < 1.29 is 0 Å². The van der Waals surface area contributed by atoms with Gasteiger partial charge < -0.3 is 5.73 Å². The monoisotopic (exact) mass is 245 g/mol. The number of nitrogens with two attached hydrogens (primary N) is 1. The lowest BCUT2D eigenvalue weighted by atomic mass is 9.65. The summed E-state index contributed by atoms with van der Waals surface area (Å²) in [5.74, 6) is 0.619. The summed E-state index contributed by atoms with van der Waals surface area (Å²) in [7, 11) is 0. The molecule has 2 rings (SSSR count). The van der Waals surface area contributed by atoms with Crippen molar-refractivity contribution >= 4 is 0 Å². The van der Waals surface area contributed by atoms with Gasteiger partial charge in [-0.3, -0.25) is 0 Å². The summed E-state index contributed by atoms with van der Waals surface area (Å²) in [4.78, 5) is 0. The van der Waals surface area contributed by atoms with E-state index in [4.69, 9.17) is 5.73 Å². The second-order valence-electron chi connectivity index (χ2n) is 6.71. The van der Waals surface area contributed by atoms with Crippen LogP contribution in [0.2, 0.25) is 0 Å². The summed E-state index contributed by atoms with van der Waals surface area (Å²) in [6.07, 6.45) is 5.30. The van der Waals surface area contributed by atoms with E-state index in [-0.39, 0.29) is 6.04 Å². The molecule has 2 atom stereocenters. The summed E-state index contributed by atoms with van der Waals surface area (Å²) in [5, 5.41) is 0. The van der Waals surface area contributed by atoms with Gasteiger partial charge in [0.25, 0.3) is 0 Å². The highest BCUT2D eigenvalue weighted by Gasteiger charge is 2.36. The second-order valence-corrected chi connectivity index (χ2v) is 6.71. The Labute approximate surface area is 112 Å². The van der Waals surface area contributed by atoms with Crippen molar-refractivity contribution in [1.82, 2.24) is 0 Å². The first-order valence-electron chi connectivity index (χ1n) is 7.24. The molecule has 2 unspecified atom stereocenters. The van der Waals surface area contributed by atoms with Crippen molar-refractivity contribution in [2.45, 2.75) is 59.4 Å². The lowest BCUT2D eigenvalue weighted by Crippen LogP contribution is -2.36. The lowest BCUT2D eigenvalue weighted by Gasteiger charge is -2.42. The minimum atomic E-state index is 0.194. The summed E-state index contributed by atoms with van der Waals surface area (Å²) in [6, 6.07) is 6.91. The van der Waals surface area contributed by atoms with Crippen LogP contribution in [0.4, 0.5) is 0 Å². The van der Waals surface area contributed by atoms with Gasteiger partial charge in [0.2, 0.25) is 0 Å². The number of aryl methyl sites for hydroxylation is 2. The molecule has 1 saturated carbocycles. The maximum atomic E-state index is 6.56. The Bertz CT molecular complexity index is 420. The van der Waals surface area contributed by atoms with Crippen LogP contribution in [0.25, 0.3) is 0 Å². The predicted molar refractivity (Wildman–Crippen MR) is 78.6 cm³/mol. The third kappa shape index (κ3) is 2.61. The van der Waals surface area contributed by atoms with Crippen LogP contribution in [0.5, 0.6) is 0 Å². The molecule has 1 aliphatic carbocycles. The van der Waals surface area contributed by atoms with Crippen LogP contribution in [0.1, 0.15) is 62.3 Å². The second kappa shape index (κ2) is 5.05. The Morgan fingerprint density at radius 3 is 2.50 bits per heavy atom. The number of rotatable bonds is 2. The molecular weight excluding hydrogens is 218 g/mol. The largest absolute Gasteiger partial charge is 0.324 e. The van der Waals surface area contributed by atoms with Crippen LogP contribution >= 0.6 is 0 Å². The van der Waals surface area contributed by atoms with Crippen LogP contribution in [0, 0.1) is 25.2 Å². The molecule has 0 spiro atoms. The fourth-order valence-electron chi connectivity index (χ4n) is 3.39. The third-order valence-corrected chi connectivity index (χ3v) is 4.94. The van der Waals surface area contributed by atoms with Crippen molar-refractivity contribution in [1.29, 1.82) is 0 Å². The third-order valence-electron chi connectivity index (χ3n) is 4.94. The minimum Gasteiger partial charge on any atom is -0.324 e. The van der Waals surface area contributed by atoms with E-state index in [2.05, 4.69) is 45.9 Å². The van der Waals surface area contributed by atoms with Crippen molar-refractivity contribution in [3.63, 3.8) is 0 Å². The molecule has 0 aliphatic heterocycles. The van der Waals surface area contributed by atoms with E-state index < -0.39 is 0 Å². The molecule has 1 nitrogen and oxygen atoms in total. The van der Waals surface area contributed by atoms with Gasteiger partial charge in [-0.1, -0.05) is 44.9 Å². The van der Waals surface area contributed by atoms with Gasteiger partial charge in [0.1, 0.15) is 0 Å². The topological polar surface area (TPSA) is 26.0 Å². The van der Waals surface area contributed by atoms with Crippen LogP contribution in [-0.4, -0.2) is 0 Å². The van der Waals surface area contributed by atoms with Gasteiger partial charge in [-0.25, -0.2) is 0 Å². The average molecular weight is 245 g/mol. The molecular formula is C17H27N. The van der Waals surface area contributed by atoms with Crippen LogP contribution in [0.15, 0.2) is 18.2 Å². The van der Waals surface area contributed by atoms with E-state index in [0.717, 1.165) is 0 Å². The average Bonchev–Trinajstić information content (AvgIpc) is 2.31. The Morgan fingerprint density at radius 2 is 1.89 bits per heavy atom. The zero-order valence-corrected chi connectivity index (χ0v) is 12.3.